The van der Waals surface area contributed by atoms with Crippen molar-refractivity contribution in [3.05, 3.63) is 45.7 Å². The minimum absolute atomic E-state index is 0.285. The average Bonchev–Trinajstić information content (AvgIpc) is 2.81. The van der Waals surface area contributed by atoms with Gasteiger partial charge in [0.25, 0.3) is 0 Å². The van der Waals surface area contributed by atoms with E-state index < -0.39 is 0 Å². The third-order valence-electron chi connectivity index (χ3n) is 2.36. The summed E-state index contributed by atoms with van der Waals surface area (Å²) >= 11 is 7.81. The average molecular weight is 253 g/mol. The molecule has 2 heterocycles. The molecule has 0 aliphatic heterocycles. The van der Waals surface area contributed by atoms with Gasteiger partial charge in [-0.2, -0.15) is 0 Å². The maximum absolute atomic E-state index is 6.07. The lowest BCUT2D eigenvalue weighted by atomic mass is 10.2. The predicted molar refractivity (Wildman–Crippen MR) is 70.2 cm³/mol. The molecule has 0 fully saturated rings. The molecular weight excluding hydrogens is 240 g/mol. The topological polar surface area (TPSA) is 24.9 Å². The van der Waals surface area contributed by atoms with Gasteiger partial charge in [-0.25, -0.2) is 4.98 Å². The van der Waals surface area contributed by atoms with Crippen LogP contribution in [0.2, 0.25) is 5.02 Å². The van der Waals surface area contributed by atoms with Gasteiger partial charge in [0, 0.05) is 11.1 Å². The second kappa shape index (κ2) is 5.32. The van der Waals surface area contributed by atoms with Gasteiger partial charge in [-0.3, -0.25) is 0 Å². The Balaban J connectivity index is 2.17. The van der Waals surface area contributed by atoms with Crippen molar-refractivity contribution < 1.29 is 0 Å². The Morgan fingerprint density at radius 2 is 2.31 bits per heavy atom. The van der Waals surface area contributed by atoms with Crippen molar-refractivity contribution in [2.24, 2.45) is 0 Å². The van der Waals surface area contributed by atoms with Crippen molar-refractivity contribution in [1.29, 1.82) is 0 Å². The van der Waals surface area contributed by atoms with Gasteiger partial charge in [-0.15, -0.1) is 11.3 Å². The summed E-state index contributed by atoms with van der Waals surface area (Å²) in [5.41, 5.74) is 0. The van der Waals surface area contributed by atoms with Crippen LogP contribution in [0, 0.1) is 0 Å². The summed E-state index contributed by atoms with van der Waals surface area (Å²) in [5.74, 6) is 0.754. The molecule has 0 aromatic carbocycles. The van der Waals surface area contributed by atoms with Crippen LogP contribution >= 0.6 is 22.9 Å². The Bertz CT molecular complexity index is 442. The van der Waals surface area contributed by atoms with E-state index in [2.05, 4.69) is 34.7 Å². The summed E-state index contributed by atoms with van der Waals surface area (Å²) in [4.78, 5) is 5.55. The molecular formula is C12H13ClN2S. The van der Waals surface area contributed by atoms with Crippen LogP contribution in [0.1, 0.15) is 24.3 Å². The van der Waals surface area contributed by atoms with Crippen molar-refractivity contribution in [2.75, 3.05) is 5.32 Å². The number of rotatable bonds is 4. The molecule has 2 rings (SSSR count). The largest absolute Gasteiger partial charge is 0.361 e. The third-order valence-corrected chi connectivity index (χ3v) is 3.66. The fourth-order valence-corrected chi connectivity index (χ4v) is 2.56. The Morgan fingerprint density at radius 1 is 1.44 bits per heavy atom. The third kappa shape index (κ3) is 2.54. The van der Waals surface area contributed by atoms with Crippen LogP contribution in [0.25, 0.3) is 0 Å². The normalized spacial score (nSPS) is 12.4. The van der Waals surface area contributed by atoms with Crippen molar-refractivity contribution >= 4 is 28.8 Å². The van der Waals surface area contributed by atoms with E-state index in [-0.39, 0.29) is 6.04 Å². The van der Waals surface area contributed by atoms with Crippen LogP contribution in [0.15, 0.2) is 35.8 Å². The summed E-state index contributed by atoms with van der Waals surface area (Å²) < 4.78 is 0. The second-order valence-electron chi connectivity index (χ2n) is 3.45. The number of pyridine rings is 1. The molecule has 0 spiro atoms. The van der Waals surface area contributed by atoms with Crippen LogP contribution in [-0.4, -0.2) is 4.98 Å². The van der Waals surface area contributed by atoms with Gasteiger partial charge < -0.3 is 5.32 Å². The maximum Gasteiger partial charge on any atom is 0.145 e. The number of hydrogen-bond acceptors (Lipinski definition) is 3. The molecule has 0 saturated heterocycles. The first-order chi connectivity index (χ1) is 7.81. The quantitative estimate of drug-likeness (QED) is 0.875. The SMILES string of the molecule is CCC(Nc1ncccc1Cl)c1cccs1. The Morgan fingerprint density at radius 3 is 2.94 bits per heavy atom. The standard InChI is InChI=1S/C12H13ClN2S/c1-2-10(11-6-4-8-16-11)15-12-9(13)5-3-7-14-12/h3-8,10H,2H2,1H3,(H,14,15). The number of hydrogen-bond donors (Lipinski definition) is 1. The van der Waals surface area contributed by atoms with Crippen LogP contribution in [-0.2, 0) is 0 Å². The Hall–Kier alpha value is -1.06. The summed E-state index contributed by atoms with van der Waals surface area (Å²) in [6, 6.07) is 8.15. The van der Waals surface area contributed by atoms with Gasteiger partial charge in [0.1, 0.15) is 5.82 Å². The Kier molecular flexibility index (Phi) is 3.80. The number of aromatic nitrogens is 1. The van der Waals surface area contributed by atoms with Crippen molar-refractivity contribution in [2.45, 2.75) is 19.4 Å². The summed E-state index contributed by atoms with van der Waals surface area (Å²) in [5, 5.41) is 6.11. The molecule has 1 atom stereocenters. The lowest BCUT2D eigenvalue weighted by molar-refractivity contribution is 0.759. The van der Waals surface area contributed by atoms with Crippen molar-refractivity contribution in [3.63, 3.8) is 0 Å². The van der Waals surface area contributed by atoms with E-state index in [1.165, 1.54) is 4.88 Å². The molecule has 84 valence electrons. The molecule has 0 amide bonds. The van der Waals surface area contributed by atoms with Crippen molar-refractivity contribution in [3.8, 4) is 0 Å². The fourth-order valence-electron chi connectivity index (χ4n) is 1.52. The predicted octanol–water partition coefficient (Wildman–Crippen LogP) is 4.36. The number of anilines is 1. The summed E-state index contributed by atoms with van der Waals surface area (Å²) in [6.07, 6.45) is 2.75. The van der Waals surface area contributed by atoms with E-state index in [0.717, 1.165) is 12.2 Å². The van der Waals surface area contributed by atoms with Gasteiger partial charge >= 0.3 is 0 Å². The van der Waals surface area contributed by atoms with Gasteiger partial charge in [0.2, 0.25) is 0 Å². The zero-order valence-corrected chi connectivity index (χ0v) is 10.6. The first kappa shape index (κ1) is 11.4. The molecule has 0 saturated carbocycles. The number of thiophene rings is 1. The maximum atomic E-state index is 6.07. The monoisotopic (exact) mass is 252 g/mol. The smallest absolute Gasteiger partial charge is 0.145 e. The lowest BCUT2D eigenvalue weighted by Crippen LogP contribution is -2.09. The number of halogens is 1. The molecule has 1 N–H and O–H groups in total. The number of nitrogens with one attached hydrogen (secondary N) is 1. The highest BCUT2D eigenvalue weighted by molar-refractivity contribution is 7.10. The van der Waals surface area contributed by atoms with Gasteiger partial charge in [0.15, 0.2) is 0 Å². The highest BCUT2D eigenvalue weighted by Crippen LogP contribution is 2.28. The number of nitrogens with zero attached hydrogens (tertiary/aromatic N) is 1. The summed E-state index contributed by atoms with van der Waals surface area (Å²) in [6.45, 7) is 2.15. The Labute approximate surface area is 104 Å². The molecule has 2 nitrogen and oxygen atoms in total. The first-order valence-corrected chi connectivity index (χ1v) is 6.47. The fraction of sp³-hybridized carbons (Fsp3) is 0.250. The molecule has 1 unspecified atom stereocenters. The van der Waals surface area contributed by atoms with E-state index in [0.29, 0.717) is 5.02 Å². The molecule has 2 aromatic heterocycles. The van der Waals surface area contributed by atoms with E-state index in [1.807, 2.05) is 12.1 Å². The van der Waals surface area contributed by atoms with Crippen molar-refractivity contribution in [1.82, 2.24) is 4.98 Å². The molecule has 16 heavy (non-hydrogen) atoms. The molecule has 0 aliphatic rings. The van der Waals surface area contributed by atoms with Crippen LogP contribution in [0.5, 0.6) is 0 Å². The molecule has 0 aliphatic carbocycles. The summed E-state index contributed by atoms with van der Waals surface area (Å²) in [7, 11) is 0. The second-order valence-corrected chi connectivity index (χ2v) is 4.84. The molecule has 0 bridgehead atoms. The van der Waals surface area contributed by atoms with E-state index in [1.54, 1.807) is 17.5 Å². The zero-order valence-electron chi connectivity index (χ0n) is 8.98. The first-order valence-electron chi connectivity index (χ1n) is 5.21. The molecule has 4 heteroatoms. The highest BCUT2D eigenvalue weighted by Gasteiger charge is 2.11. The van der Waals surface area contributed by atoms with Crippen LogP contribution in [0.4, 0.5) is 5.82 Å². The molecule has 0 radical (unpaired) electrons. The van der Waals surface area contributed by atoms with Crippen LogP contribution in [0.3, 0.4) is 0 Å². The van der Waals surface area contributed by atoms with Crippen LogP contribution < -0.4 is 5.32 Å². The van der Waals surface area contributed by atoms with E-state index in [9.17, 15) is 0 Å². The lowest BCUT2D eigenvalue weighted by Gasteiger charge is -2.16. The van der Waals surface area contributed by atoms with Gasteiger partial charge in [0.05, 0.1) is 11.1 Å². The molecule has 2 aromatic rings. The zero-order chi connectivity index (χ0) is 11.4. The minimum atomic E-state index is 0.285. The highest BCUT2D eigenvalue weighted by atomic mass is 35.5. The minimum Gasteiger partial charge on any atom is -0.361 e. The van der Waals surface area contributed by atoms with Gasteiger partial charge in [-0.1, -0.05) is 24.6 Å². The van der Waals surface area contributed by atoms with E-state index in [4.69, 9.17) is 11.6 Å². The van der Waals surface area contributed by atoms with Gasteiger partial charge in [-0.05, 0) is 30.0 Å². The van der Waals surface area contributed by atoms with E-state index >= 15 is 0 Å².